The summed E-state index contributed by atoms with van der Waals surface area (Å²) in [6, 6.07) is 7.63. The van der Waals surface area contributed by atoms with Crippen LogP contribution in [-0.2, 0) is 16.1 Å². The van der Waals surface area contributed by atoms with E-state index in [1.54, 1.807) is 11.9 Å². The van der Waals surface area contributed by atoms with Crippen LogP contribution in [0.25, 0.3) is 0 Å². The van der Waals surface area contributed by atoms with Crippen LogP contribution in [-0.4, -0.2) is 54.9 Å². The van der Waals surface area contributed by atoms with Gasteiger partial charge in [0.2, 0.25) is 11.8 Å². The molecule has 2 amide bonds. The van der Waals surface area contributed by atoms with Crippen molar-refractivity contribution < 1.29 is 14.3 Å². The number of nitrogens with zero attached hydrogens (tertiary/aromatic N) is 2. The van der Waals surface area contributed by atoms with Gasteiger partial charge in [0.25, 0.3) is 0 Å². The number of hydrogen-bond donors (Lipinski definition) is 1. The topological polar surface area (TPSA) is 75.9 Å². The average Bonchev–Trinajstić information content (AvgIpc) is 2.49. The normalized spacial score (nSPS) is 15.5. The van der Waals surface area contributed by atoms with Gasteiger partial charge in [-0.05, 0) is 12.5 Å². The number of carbonyl (C=O) groups excluding carboxylic acids is 2. The first-order valence-electron chi connectivity index (χ1n) is 7.04. The third-order valence-corrected chi connectivity index (χ3v) is 3.50. The standard InChI is InChI=1S/C15H21N3O3/c1-17-10-15(20)18(11-14(17)19)7-4-8-21-13-6-3-2-5-12(13)9-16/h2-3,5-6H,4,7-11,16H2,1H3. The number of nitrogens with two attached hydrogens (primary N) is 1. The largest absolute Gasteiger partial charge is 0.493 e. The number of carbonyl (C=O) groups is 2. The van der Waals surface area contributed by atoms with Crippen LogP contribution in [0.15, 0.2) is 24.3 Å². The first-order chi connectivity index (χ1) is 10.1. The second-order valence-corrected chi connectivity index (χ2v) is 5.08. The molecule has 0 bridgehead atoms. The molecule has 0 atom stereocenters. The molecule has 0 spiro atoms. The molecular weight excluding hydrogens is 270 g/mol. The molecule has 21 heavy (non-hydrogen) atoms. The van der Waals surface area contributed by atoms with Gasteiger partial charge in [-0.2, -0.15) is 0 Å². The molecule has 1 saturated heterocycles. The maximum absolute atomic E-state index is 11.8. The van der Waals surface area contributed by atoms with Gasteiger partial charge in [0.05, 0.1) is 19.7 Å². The average molecular weight is 291 g/mol. The predicted octanol–water partition coefficient (Wildman–Crippen LogP) is 0.215. The van der Waals surface area contributed by atoms with E-state index in [1.165, 1.54) is 4.90 Å². The molecule has 0 saturated carbocycles. The Balaban J connectivity index is 1.77. The van der Waals surface area contributed by atoms with Crippen LogP contribution in [0.4, 0.5) is 0 Å². The fraction of sp³-hybridized carbons (Fsp3) is 0.467. The molecule has 0 aliphatic carbocycles. The van der Waals surface area contributed by atoms with E-state index in [-0.39, 0.29) is 24.9 Å². The summed E-state index contributed by atoms with van der Waals surface area (Å²) in [7, 11) is 1.64. The van der Waals surface area contributed by atoms with Crippen molar-refractivity contribution in [1.82, 2.24) is 9.80 Å². The lowest BCUT2D eigenvalue weighted by atomic mass is 10.2. The number of piperazine rings is 1. The molecule has 1 heterocycles. The number of rotatable bonds is 6. The minimum Gasteiger partial charge on any atom is -0.493 e. The van der Waals surface area contributed by atoms with Crippen LogP contribution < -0.4 is 10.5 Å². The second-order valence-electron chi connectivity index (χ2n) is 5.08. The Hall–Kier alpha value is -2.08. The smallest absolute Gasteiger partial charge is 0.242 e. The quantitative estimate of drug-likeness (QED) is 0.761. The van der Waals surface area contributed by atoms with Gasteiger partial charge in [0, 0.05) is 25.7 Å². The highest BCUT2D eigenvalue weighted by Crippen LogP contribution is 2.17. The molecule has 2 N–H and O–H groups in total. The van der Waals surface area contributed by atoms with Crippen LogP contribution >= 0.6 is 0 Å². The van der Waals surface area contributed by atoms with Crippen LogP contribution in [0, 0.1) is 0 Å². The van der Waals surface area contributed by atoms with Crippen molar-refractivity contribution in [2.45, 2.75) is 13.0 Å². The summed E-state index contributed by atoms with van der Waals surface area (Å²) in [5.74, 6) is 0.740. The minimum atomic E-state index is -0.0241. The number of para-hydroxylation sites is 1. The molecule has 114 valence electrons. The highest BCUT2D eigenvalue weighted by Gasteiger charge is 2.26. The number of hydrogen-bond acceptors (Lipinski definition) is 4. The molecule has 6 nitrogen and oxygen atoms in total. The van der Waals surface area contributed by atoms with Crippen LogP contribution in [0.5, 0.6) is 5.75 Å². The van der Waals surface area contributed by atoms with Crippen molar-refractivity contribution in [3.8, 4) is 5.75 Å². The van der Waals surface area contributed by atoms with Crippen LogP contribution in [0.2, 0.25) is 0 Å². The lowest BCUT2D eigenvalue weighted by molar-refractivity contribution is -0.148. The summed E-state index contributed by atoms with van der Waals surface area (Å²) >= 11 is 0. The van der Waals surface area contributed by atoms with E-state index in [1.807, 2.05) is 24.3 Å². The molecule has 0 aromatic heterocycles. The SMILES string of the molecule is CN1CC(=O)N(CCCOc2ccccc2CN)CC1=O. The summed E-state index contributed by atoms with van der Waals surface area (Å²) in [6.07, 6.45) is 0.682. The second kappa shape index (κ2) is 7.08. The highest BCUT2D eigenvalue weighted by molar-refractivity contribution is 5.92. The van der Waals surface area contributed by atoms with E-state index in [4.69, 9.17) is 10.5 Å². The molecule has 1 aliphatic rings. The minimum absolute atomic E-state index is 0.0144. The van der Waals surface area contributed by atoms with Crippen LogP contribution in [0.1, 0.15) is 12.0 Å². The summed E-state index contributed by atoms with van der Waals surface area (Å²) in [5, 5.41) is 0. The van der Waals surface area contributed by atoms with E-state index in [0.29, 0.717) is 26.1 Å². The molecular formula is C15H21N3O3. The van der Waals surface area contributed by atoms with Gasteiger partial charge in [-0.15, -0.1) is 0 Å². The Morgan fingerprint density at radius 1 is 1.19 bits per heavy atom. The van der Waals surface area contributed by atoms with Gasteiger partial charge >= 0.3 is 0 Å². The van der Waals surface area contributed by atoms with Crippen molar-refractivity contribution in [3.63, 3.8) is 0 Å². The van der Waals surface area contributed by atoms with Gasteiger partial charge in [-0.1, -0.05) is 18.2 Å². The van der Waals surface area contributed by atoms with E-state index in [9.17, 15) is 9.59 Å². The van der Waals surface area contributed by atoms with Gasteiger partial charge in [-0.3, -0.25) is 9.59 Å². The lowest BCUT2D eigenvalue weighted by Gasteiger charge is -2.31. The monoisotopic (exact) mass is 291 g/mol. The Bertz CT molecular complexity index is 519. The fourth-order valence-corrected chi connectivity index (χ4v) is 2.22. The third kappa shape index (κ3) is 3.95. The zero-order valence-corrected chi connectivity index (χ0v) is 12.2. The summed E-state index contributed by atoms with van der Waals surface area (Å²) in [5.41, 5.74) is 6.60. The maximum atomic E-state index is 11.8. The van der Waals surface area contributed by atoms with E-state index >= 15 is 0 Å². The molecule has 1 aromatic carbocycles. The molecule has 6 heteroatoms. The summed E-state index contributed by atoms with van der Waals surface area (Å²) in [4.78, 5) is 26.4. The van der Waals surface area contributed by atoms with Crippen molar-refractivity contribution in [2.75, 3.05) is 33.3 Å². The number of benzene rings is 1. The van der Waals surface area contributed by atoms with Crippen molar-refractivity contribution in [2.24, 2.45) is 5.73 Å². The Labute approximate surface area is 124 Å². The van der Waals surface area contributed by atoms with Crippen LogP contribution in [0.3, 0.4) is 0 Å². The molecule has 1 aliphatic heterocycles. The van der Waals surface area contributed by atoms with Crippen molar-refractivity contribution in [3.05, 3.63) is 29.8 Å². The van der Waals surface area contributed by atoms with E-state index in [0.717, 1.165) is 11.3 Å². The number of likely N-dealkylation sites (N-methyl/N-ethyl adjacent to an activating group) is 1. The molecule has 0 unspecified atom stereocenters. The first-order valence-corrected chi connectivity index (χ1v) is 7.04. The first kappa shape index (κ1) is 15.3. The zero-order valence-electron chi connectivity index (χ0n) is 12.2. The van der Waals surface area contributed by atoms with Gasteiger partial charge in [-0.25, -0.2) is 0 Å². The fourth-order valence-electron chi connectivity index (χ4n) is 2.22. The number of ether oxygens (including phenoxy) is 1. The molecule has 2 rings (SSSR count). The van der Waals surface area contributed by atoms with E-state index in [2.05, 4.69) is 0 Å². The van der Waals surface area contributed by atoms with Gasteiger partial charge < -0.3 is 20.3 Å². The maximum Gasteiger partial charge on any atom is 0.242 e. The third-order valence-electron chi connectivity index (χ3n) is 3.50. The molecule has 0 radical (unpaired) electrons. The summed E-state index contributed by atoms with van der Waals surface area (Å²) < 4.78 is 5.69. The van der Waals surface area contributed by atoms with Gasteiger partial charge in [0.15, 0.2) is 0 Å². The van der Waals surface area contributed by atoms with Crippen molar-refractivity contribution in [1.29, 1.82) is 0 Å². The van der Waals surface area contributed by atoms with Gasteiger partial charge in [0.1, 0.15) is 5.75 Å². The lowest BCUT2D eigenvalue weighted by Crippen LogP contribution is -2.52. The zero-order chi connectivity index (χ0) is 15.2. The molecule has 1 aromatic rings. The Kier molecular flexibility index (Phi) is 5.16. The van der Waals surface area contributed by atoms with E-state index < -0.39 is 0 Å². The highest BCUT2D eigenvalue weighted by atomic mass is 16.5. The molecule has 1 fully saturated rings. The number of amides is 2. The van der Waals surface area contributed by atoms with Crippen molar-refractivity contribution >= 4 is 11.8 Å². The Morgan fingerprint density at radius 2 is 1.95 bits per heavy atom. The Morgan fingerprint density at radius 3 is 2.71 bits per heavy atom. The summed E-state index contributed by atoms with van der Waals surface area (Å²) in [6.45, 7) is 1.78. The predicted molar refractivity (Wildman–Crippen MR) is 78.7 cm³/mol.